The summed E-state index contributed by atoms with van der Waals surface area (Å²) >= 11 is 0. The van der Waals surface area contributed by atoms with Crippen molar-refractivity contribution in [3.8, 4) is 0 Å². The summed E-state index contributed by atoms with van der Waals surface area (Å²) in [5.74, 6) is -4.44. The standard InChI is InChI=1S/C32H31F3N4O4/c1-21(2)28-31(43)38(20-27(40)36-25(29(41)32(33,34)35)17-22-11-6-4-7-12-22)26(23-13-8-5-9-14-23)19-39(28)30(42)24-15-10-16-37(3)18-24/h4-16,18-19,21,25,28H,17,20H2,1-3H3/p+1/t25-,28+/m1/s1. The summed E-state index contributed by atoms with van der Waals surface area (Å²) in [6, 6.07) is 17.0. The summed E-state index contributed by atoms with van der Waals surface area (Å²) in [5.41, 5.74) is 1.49. The highest BCUT2D eigenvalue weighted by atomic mass is 19.4. The third-order valence-corrected chi connectivity index (χ3v) is 7.01. The van der Waals surface area contributed by atoms with Gasteiger partial charge in [-0.1, -0.05) is 74.5 Å². The van der Waals surface area contributed by atoms with E-state index in [1.165, 1.54) is 11.1 Å². The number of Topliss-reactive ketones (excluding diaryl/α,β-unsaturated/α-hetero) is 1. The van der Waals surface area contributed by atoms with Gasteiger partial charge in [-0.05, 0) is 23.1 Å². The fraction of sp³-hybridized carbons (Fsp3) is 0.281. The largest absolute Gasteiger partial charge is 0.452 e. The minimum absolute atomic E-state index is 0.216. The molecule has 1 N–H and O–H groups in total. The van der Waals surface area contributed by atoms with E-state index in [9.17, 15) is 32.3 Å². The van der Waals surface area contributed by atoms with Crippen molar-refractivity contribution in [1.82, 2.24) is 15.1 Å². The Morgan fingerprint density at radius 3 is 2.16 bits per heavy atom. The Hall–Kier alpha value is -4.80. The summed E-state index contributed by atoms with van der Waals surface area (Å²) in [6.07, 6.45) is -0.679. The van der Waals surface area contributed by atoms with Gasteiger partial charge in [0.25, 0.3) is 17.6 Å². The normalized spacial score (nSPS) is 16.1. The van der Waals surface area contributed by atoms with Crippen molar-refractivity contribution in [1.29, 1.82) is 0 Å². The van der Waals surface area contributed by atoms with Crippen LogP contribution in [-0.2, 0) is 27.9 Å². The minimum atomic E-state index is -5.18. The number of amides is 3. The number of aryl methyl sites for hydroxylation is 1. The molecule has 0 radical (unpaired) electrons. The minimum Gasteiger partial charge on any atom is -0.344 e. The molecule has 2 heterocycles. The summed E-state index contributed by atoms with van der Waals surface area (Å²) in [7, 11) is 1.76. The van der Waals surface area contributed by atoms with E-state index in [4.69, 9.17) is 0 Å². The predicted molar refractivity (Wildman–Crippen MR) is 152 cm³/mol. The maximum atomic E-state index is 14.0. The molecule has 4 rings (SSSR count). The monoisotopic (exact) mass is 593 g/mol. The Bertz CT molecular complexity index is 1520. The van der Waals surface area contributed by atoms with Gasteiger partial charge in [0, 0.05) is 18.7 Å². The van der Waals surface area contributed by atoms with Crippen LogP contribution in [0.25, 0.3) is 5.70 Å². The second-order valence-corrected chi connectivity index (χ2v) is 10.6. The molecule has 1 aliphatic heterocycles. The van der Waals surface area contributed by atoms with Crippen LogP contribution in [-0.4, -0.2) is 58.1 Å². The van der Waals surface area contributed by atoms with E-state index in [-0.39, 0.29) is 18.0 Å². The number of carbonyl (C=O) groups excluding carboxylic acids is 4. The molecule has 1 aliphatic rings. The summed E-state index contributed by atoms with van der Waals surface area (Å²) in [6.45, 7) is 2.85. The van der Waals surface area contributed by atoms with Crippen LogP contribution < -0.4 is 9.88 Å². The quantitative estimate of drug-likeness (QED) is 0.384. The first-order valence-corrected chi connectivity index (χ1v) is 13.7. The molecule has 2 aromatic carbocycles. The van der Waals surface area contributed by atoms with Crippen molar-refractivity contribution < 1.29 is 36.9 Å². The molecule has 11 heteroatoms. The molecular formula is C32H32F3N4O4+. The van der Waals surface area contributed by atoms with Gasteiger partial charge in [0.2, 0.25) is 5.91 Å². The Labute approximate surface area is 247 Å². The number of hydrogen-bond acceptors (Lipinski definition) is 4. The molecule has 0 saturated heterocycles. The number of nitrogens with one attached hydrogen (secondary N) is 1. The number of aromatic nitrogens is 1. The topological polar surface area (TPSA) is 90.7 Å². The van der Waals surface area contributed by atoms with Gasteiger partial charge >= 0.3 is 6.18 Å². The van der Waals surface area contributed by atoms with Crippen LogP contribution in [0.1, 0.15) is 35.3 Å². The van der Waals surface area contributed by atoms with Crippen molar-refractivity contribution in [2.45, 2.75) is 38.5 Å². The average Bonchev–Trinajstić information content (AvgIpc) is 2.97. The fourth-order valence-electron chi connectivity index (χ4n) is 4.98. The first-order valence-electron chi connectivity index (χ1n) is 13.7. The third kappa shape index (κ3) is 7.35. The molecule has 43 heavy (non-hydrogen) atoms. The van der Waals surface area contributed by atoms with E-state index in [1.807, 2.05) is 0 Å². The highest BCUT2D eigenvalue weighted by Gasteiger charge is 2.45. The zero-order valence-corrected chi connectivity index (χ0v) is 23.9. The lowest BCUT2D eigenvalue weighted by Gasteiger charge is -2.41. The molecule has 2 atom stereocenters. The molecule has 8 nitrogen and oxygen atoms in total. The molecule has 0 unspecified atom stereocenters. The number of carbonyl (C=O) groups is 4. The number of halogens is 3. The van der Waals surface area contributed by atoms with Crippen LogP contribution in [0.4, 0.5) is 13.2 Å². The van der Waals surface area contributed by atoms with E-state index in [2.05, 4.69) is 5.32 Å². The molecule has 0 saturated carbocycles. The first kappa shape index (κ1) is 31.1. The maximum Gasteiger partial charge on any atom is 0.452 e. The van der Waals surface area contributed by atoms with E-state index in [1.54, 1.807) is 111 Å². The number of pyridine rings is 1. The van der Waals surface area contributed by atoms with Crippen molar-refractivity contribution in [3.63, 3.8) is 0 Å². The van der Waals surface area contributed by atoms with Crippen LogP contribution in [0, 0.1) is 5.92 Å². The highest BCUT2D eigenvalue weighted by molar-refractivity contribution is 6.04. The number of hydrogen-bond donors (Lipinski definition) is 1. The van der Waals surface area contributed by atoms with Crippen molar-refractivity contribution in [2.24, 2.45) is 13.0 Å². The Kier molecular flexibility index (Phi) is 9.43. The van der Waals surface area contributed by atoms with Crippen molar-refractivity contribution in [3.05, 3.63) is 108 Å². The number of alkyl halides is 3. The molecule has 0 bridgehead atoms. The zero-order chi connectivity index (χ0) is 31.3. The molecule has 1 aromatic heterocycles. The van der Waals surface area contributed by atoms with Gasteiger partial charge in [0.1, 0.15) is 31.2 Å². The van der Waals surface area contributed by atoms with Gasteiger partial charge < -0.3 is 5.32 Å². The molecule has 0 fully saturated rings. The lowest BCUT2D eigenvalue weighted by atomic mass is 9.96. The Balaban J connectivity index is 1.70. The van der Waals surface area contributed by atoms with E-state index >= 15 is 0 Å². The van der Waals surface area contributed by atoms with Gasteiger partial charge in [0.05, 0.1) is 5.70 Å². The number of rotatable bonds is 9. The summed E-state index contributed by atoms with van der Waals surface area (Å²) < 4.78 is 42.1. The van der Waals surface area contributed by atoms with Gasteiger partial charge in [-0.25, -0.2) is 4.57 Å². The molecule has 3 amide bonds. The lowest BCUT2D eigenvalue weighted by molar-refractivity contribution is -0.671. The van der Waals surface area contributed by atoms with Crippen molar-refractivity contribution >= 4 is 29.2 Å². The summed E-state index contributed by atoms with van der Waals surface area (Å²) in [4.78, 5) is 55.8. The fourth-order valence-corrected chi connectivity index (χ4v) is 4.98. The Morgan fingerprint density at radius 1 is 0.953 bits per heavy atom. The van der Waals surface area contributed by atoms with Crippen LogP contribution >= 0.6 is 0 Å². The first-order chi connectivity index (χ1) is 20.4. The van der Waals surface area contributed by atoms with Crippen LogP contribution in [0.15, 0.2) is 91.4 Å². The second kappa shape index (κ2) is 13.0. The second-order valence-electron chi connectivity index (χ2n) is 10.6. The van der Waals surface area contributed by atoms with Gasteiger partial charge in [-0.3, -0.25) is 29.0 Å². The van der Waals surface area contributed by atoms with Gasteiger partial charge in [-0.15, -0.1) is 0 Å². The molecular weight excluding hydrogens is 561 g/mol. The smallest absolute Gasteiger partial charge is 0.344 e. The van der Waals surface area contributed by atoms with E-state index in [0.717, 1.165) is 4.90 Å². The van der Waals surface area contributed by atoms with Crippen LogP contribution in [0.3, 0.4) is 0 Å². The van der Waals surface area contributed by atoms with E-state index in [0.29, 0.717) is 16.7 Å². The maximum absolute atomic E-state index is 14.0. The third-order valence-electron chi connectivity index (χ3n) is 7.01. The van der Waals surface area contributed by atoms with Crippen molar-refractivity contribution in [2.75, 3.05) is 6.54 Å². The SMILES string of the molecule is CC(C)[C@H]1C(=O)N(CC(=O)N[C@H](Cc2ccccc2)C(=O)C(F)(F)F)C(c2ccccc2)=CN1C(=O)c1ccc[n+](C)c1. The summed E-state index contributed by atoms with van der Waals surface area (Å²) in [5, 5.41) is 2.21. The molecule has 3 aromatic rings. The zero-order valence-electron chi connectivity index (χ0n) is 23.9. The number of ketones is 1. The van der Waals surface area contributed by atoms with Crippen LogP contribution in [0.2, 0.25) is 0 Å². The number of nitrogens with zero attached hydrogens (tertiary/aromatic N) is 3. The van der Waals surface area contributed by atoms with Gasteiger partial charge in [-0.2, -0.15) is 13.2 Å². The number of benzene rings is 2. The molecule has 0 aliphatic carbocycles. The predicted octanol–water partition coefficient (Wildman–Crippen LogP) is 3.68. The molecule has 0 spiro atoms. The van der Waals surface area contributed by atoms with Crippen LogP contribution in [0.5, 0.6) is 0 Å². The highest BCUT2D eigenvalue weighted by Crippen LogP contribution is 2.31. The molecule has 224 valence electrons. The average molecular weight is 594 g/mol. The lowest BCUT2D eigenvalue weighted by Crippen LogP contribution is -2.57. The van der Waals surface area contributed by atoms with E-state index < -0.39 is 48.3 Å². The Morgan fingerprint density at radius 2 is 1.58 bits per heavy atom. The van der Waals surface area contributed by atoms with Gasteiger partial charge in [0.15, 0.2) is 12.4 Å².